The largest absolute Gasteiger partial charge is 0.490 e. The van der Waals surface area contributed by atoms with Crippen LogP contribution in [0.5, 0.6) is 11.5 Å². The number of nitrogens with zero attached hydrogens (tertiary/aromatic N) is 1. The average Bonchev–Trinajstić information content (AvgIpc) is 2.73. The van der Waals surface area contributed by atoms with Crippen LogP contribution in [0.15, 0.2) is 84.0 Å². The Hall–Kier alpha value is -3.27. The Kier molecular flexibility index (Phi) is 6.33. The summed E-state index contributed by atoms with van der Waals surface area (Å²) < 4.78 is 11.4. The molecule has 144 valence electrons. The Balaban J connectivity index is 1.51. The summed E-state index contributed by atoms with van der Waals surface area (Å²) in [6, 6.07) is 26.0. The highest BCUT2D eigenvalue weighted by atomic mass is 16.5. The van der Waals surface area contributed by atoms with E-state index in [0.717, 1.165) is 17.1 Å². The van der Waals surface area contributed by atoms with Crippen molar-refractivity contribution in [3.05, 3.63) is 95.6 Å². The molecule has 0 fully saturated rings. The van der Waals surface area contributed by atoms with Crippen LogP contribution in [0.1, 0.15) is 30.5 Å². The van der Waals surface area contributed by atoms with Crippen LogP contribution < -0.4 is 9.47 Å². The predicted molar refractivity (Wildman–Crippen MR) is 112 cm³/mol. The summed E-state index contributed by atoms with van der Waals surface area (Å²) in [6.07, 6.45) is 1.37. The maximum absolute atomic E-state index is 8.51. The molecule has 0 bridgehead atoms. The van der Waals surface area contributed by atoms with E-state index in [1.54, 1.807) is 0 Å². The average molecular weight is 375 g/mol. The van der Waals surface area contributed by atoms with E-state index < -0.39 is 0 Å². The van der Waals surface area contributed by atoms with Crippen LogP contribution in [0.4, 0.5) is 0 Å². The second-order valence-corrected chi connectivity index (χ2v) is 7.03. The summed E-state index contributed by atoms with van der Waals surface area (Å²) in [7, 11) is 0. The molecule has 0 saturated carbocycles. The third-order valence-corrected chi connectivity index (χ3v) is 4.78. The molecule has 0 aliphatic rings. The Bertz CT molecular complexity index is 885. The van der Waals surface area contributed by atoms with Gasteiger partial charge < -0.3 is 14.7 Å². The van der Waals surface area contributed by atoms with Gasteiger partial charge in [0.2, 0.25) is 0 Å². The zero-order valence-electron chi connectivity index (χ0n) is 16.2. The van der Waals surface area contributed by atoms with Gasteiger partial charge in [-0.25, -0.2) is 0 Å². The van der Waals surface area contributed by atoms with Crippen molar-refractivity contribution in [1.29, 1.82) is 0 Å². The summed E-state index contributed by atoms with van der Waals surface area (Å²) in [6.45, 7) is 5.36. The molecule has 3 aromatic rings. The van der Waals surface area contributed by atoms with Crippen LogP contribution >= 0.6 is 0 Å². The molecule has 0 radical (unpaired) electrons. The van der Waals surface area contributed by atoms with E-state index in [2.05, 4.69) is 55.4 Å². The number of hydrogen-bond acceptors (Lipinski definition) is 4. The van der Waals surface area contributed by atoms with E-state index in [0.29, 0.717) is 13.2 Å². The van der Waals surface area contributed by atoms with Gasteiger partial charge in [0.1, 0.15) is 24.7 Å². The maximum atomic E-state index is 8.51. The van der Waals surface area contributed by atoms with Crippen molar-refractivity contribution < 1.29 is 14.7 Å². The zero-order valence-corrected chi connectivity index (χ0v) is 16.2. The fraction of sp³-hybridized carbons (Fsp3) is 0.208. The first-order valence-electron chi connectivity index (χ1n) is 9.29. The molecule has 0 aromatic heterocycles. The molecule has 0 atom stereocenters. The standard InChI is InChI=1S/C24H25NO3/c1-24(2,20-6-4-3-5-7-20)21-10-14-23(15-11-21)28-17-16-27-22-12-8-19(9-13-22)18-25-26/h3-15,18,26H,16-17H2,1-2H3. The van der Waals surface area contributed by atoms with Crippen molar-refractivity contribution in [1.82, 2.24) is 0 Å². The number of benzene rings is 3. The Labute approximate surface area is 166 Å². The quantitative estimate of drug-likeness (QED) is 0.252. The van der Waals surface area contributed by atoms with E-state index in [1.807, 2.05) is 42.5 Å². The molecule has 4 heteroatoms. The summed E-state index contributed by atoms with van der Waals surface area (Å²) >= 11 is 0. The minimum absolute atomic E-state index is 0.0597. The van der Waals surface area contributed by atoms with Crippen molar-refractivity contribution in [3.8, 4) is 11.5 Å². The minimum atomic E-state index is -0.0597. The molecule has 3 aromatic carbocycles. The van der Waals surface area contributed by atoms with Crippen LogP contribution in [0, 0.1) is 0 Å². The van der Waals surface area contributed by atoms with Crippen LogP contribution in [0.3, 0.4) is 0 Å². The molecule has 1 N–H and O–H groups in total. The van der Waals surface area contributed by atoms with Crippen molar-refractivity contribution >= 4 is 6.21 Å². The lowest BCUT2D eigenvalue weighted by molar-refractivity contribution is 0.217. The summed E-state index contributed by atoms with van der Waals surface area (Å²) in [5, 5.41) is 11.5. The van der Waals surface area contributed by atoms with E-state index >= 15 is 0 Å². The number of hydrogen-bond donors (Lipinski definition) is 1. The second-order valence-electron chi connectivity index (χ2n) is 7.03. The molecule has 0 unspecified atom stereocenters. The summed E-state index contributed by atoms with van der Waals surface area (Å²) in [5.41, 5.74) is 3.28. The van der Waals surface area contributed by atoms with Gasteiger partial charge in [-0.2, -0.15) is 0 Å². The van der Waals surface area contributed by atoms with E-state index in [4.69, 9.17) is 14.7 Å². The summed E-state index contributed by atoms with van der Waals surface area (Å²) in [4.78, 5) is 0. The van der Waals surface area contributed by atoms with Gasteiger partial charge in [0.05, 0.1) is 6.21 Å². The highest BCUT2D eigenvalue weighted by Crippen LogP contribution is 2.32. The number of ether oxygens (including phenoxy) is 2. The molecule has 3 rings (SSSR count). The van der Waals surface area contributed by atoms with Crippen molar-refractivity contribution in [2.45, 2.75) is 19.3 Å². The van der Waals surface area contributed by atoms with Crippen molar-refractivity contribution in [3.63, 3.8) is 0 Å². The fourth-order valence-electron chi connectivity index (χ4n) is 3.03. The third kappa shape index (κ3) is 4.92. The van der Waals surface area contributed by atoms with Crippen LogP contribution in [-0.4, -0.2) is 24.6 Å². The van der Waals surface area contributed by atoms with Crippen LogP contribution in [0.2, 0.25) is 0 Å². The number of oxime groups is 1. The van der Waals surface area contributed by atoms with Crippen molar-refractivity contribution in [2.24, 2.45) is 5.16 Å². The molecule has 0 heterocycles. The third-order valence-electron chi connectivity index (χ3n) is 4.78. The molecule has 0 aliphatic heterocycles. The maximum Gasteiger partial charge on any atom is 0.122 e. The Morgan fingerprint density at radius 2 is 1.25 bits per heavy atom. The molecule has 0 spiro atoms. The highest BCUT2D eigenvalue weighted by Gasteiger charge is 2.22. The van der Waals surface area contributed by atoms with E-state index in [1.165, 1.54) is 17.3 Å². The molecule has 28 heavy (non-hydrogen) atoms. The molecule has 0 aliphatic carbocycles. The normalized spacial score (nSPS) is 11.5. The van der Waals surface area contributed by atoms with Gasteiger partial charge >= 0.3 is 0 Å². The molecule has 0 amide bonds. The van der Waals surface area contributed by atoms with Gasteiger partial charge in [0, 0.05) is 5.41 Å². The molecular weight excluding hydrogens is 350 g/mol. The first kappa shape index (κ1) is 19.5. The van der Waals surface area contributed by atoms with E-state index in [-0.39, 0.29) is 5.41 Å². The Morgan fingerprint density at radius 3 is 1.79 bits per heavy atom. The lowest BCUT2D eigenvalue weighted by atomic mass is 9.78. The van der Waals surface area contributed by atoms with Gasteiger partial charge in [0.25, 0.3) is 0 Å². The predicted octanol–water partition coefficient (Wildman–Crippen LogP) is 5.28. The SMILES string of the molecule is CC(C)(c1ccccc1)c1ccc(OCCOc2ccc(C=NO)cc2)cc1. The summed E-state index contributed by atoms with van der Waals surface area (Å²) in [5.74, 6) is 1.57. The monoisotopic (exact) mass is 375 g/mol. The number of rotatable bonds is 8. The Morgan fingerprint density at radius 1 is 0.750 bits per heavy atom. The molecular formula is C24H25NO3. The lowest BCUT2D eigenvalue weighted by Gasteiger charge is -2.26. The van der Waals surface area contributed by atoms with Gasteiger partial charge in [-0.15, -0.1) is 0 Å². The topological polar surface area (TPSA) is 51.0 Å². The second kappa shape index (κ2) is 9.09. The zero-order chi connectivity index (χ0) is 19.8. The first-order chi connectivity index (χ1) is 13.6. The lowest BCUT2D eigenvalue weighted by Crippen LogP contribution is -2.18. The van der Waals surface area contributed by atoms with Crippen LogP contribution in [0.25, 0.3) is 0 Å². The van der Waals surface area contributed by atoms with E-state index in [9.17, 15) is 0 Å². The van der Waals surface area contributed by atoms with Gasteiger partial charge in [-0.1, -0.05) is 61.5 Å². The fourth-order valence-corrected chi connectivity index (χ4v) is 3.03. The van der Waals surface area contributed by atoms with Gasteiger partial charge in [0.15, 0.2) is 0 Å². The van der Waals surface area contributed by atoms with Gasteiger partial charge in [-0.05, 0) is 53.1 Å². The minimum Gasteiger partial charge on any atom is -0.490 e. The smallest absolute Gasteiger partial charge is 0.122 e. The van der Waals surface area contributed by atoms with Crippen molar-refractivity contribution in [2.75, 3.05) is 13.2 Å². The first-order valence-corrected chi connectivity index (χ1v) is 9.29. The van der Waals surface area contributed by atoms with Crippen LogP contribution in [-0.2, 0) is 5.41 Å². The molecule has 0 saturated heterocycles. The van der Waals surface area contributed by atoms with Gasteiger partial charge in [-0.3, -0.25) is 0 Å². The highest BCUT2D eigenvalue weighted by molar-refractivity contribution is 5.79. The molecule has 4 nitrogen and oxygen atoms in total.